The van der Waals surface area contributed by atoms with Crippen LogP contribution in [0.2, 0.25) is 5.02 Å². The Balaban J connectivity index is 0.000000980. The van der Waals surface area contributed by atoms with Crippen molar-refractivity contribution in [2.24, 2.45) is 0 Å². The maximum Gasteiger partial charge on any atom is 0.0406 e. The molecule has 0 radical (unpaired) electrons. The molecule has 14 heavy (non-hydrogen) atoms. The minimum atomic E-state index is 0. The molecule has 0 saturated carbocycles. The molecule has 1 aromatic rings. The summed E-state index contributed by atoms with van der Waals surface area (Å²) in [6.07, 6.45) is 2.50. The van der Waals surface area contributed by atoms with Gasteiger partial charge in [-0.15, -0.1) is 12.4 Å². The first kappa shape index (κ1) is 11.8. The van der Waals surface area contributed by atoms with Crippen LogP contribution in [-0.4, -0.2) is 13.1 Å². The lowest BCUT2D eigenvalue weighted by molar-refractivity contribution is 0.460. The molecule has 0 atom stereocenters. The summed E-state index contributed by atoms with van der Waals surface area (Å²) in [7, 11) is 0. The van der Waals surface area contributed by atoms with Crippen molar-refractivity contribution in [2.45, 2.75) is 18.8 Å². The summed E-state index contributed by atoms with van der Waals surface area (Å²) in [6.45, 7) is 2.29. The molecule has 1 aliphatic heterocycles. The van der Waals surface area contributed by atoms with Crippen LogP contribution in [0.15, 0.2) is 24.3 Å². The van der Waals surface area contributed by atoms with Gasteiger partial charge in [-0.25, -0.2) is 0 Å². The number of benzene rings is 1. The number of halogens is 2. The van der Waals surface area contributed by atoms with E-state index >= 15 is 0 Å². The van der Waals surface area contributed by atoms with Gasteiger partial charge in [0.05, 0.1) is 0 Å². The Morgan fingerprint density at radius 3 is 2.21 bits per heavy atom. The molecule has 0 unspecified atom stereocenters. The molecule has 0 aromatic heterocycles. The van der Waals surface area contributed by atoms with Crippen LogP contribution in [0.1, 0.15) is 24.3 Å². The third-order valence-electron chi connectivity index (χ3n) is 2.68. The summed E-state index contributed by atoms with van der Waals surface area (Å²) in [5.74, 6) is 0.735. The number of rotatable bonds is 1. The van der Waals surface area contributed by atoms with Gasteiger partial charge < -0.3 is 5.32 Å². The molecule has 0 amide bonds. The van der Waals surface area contributed by atoms with Gasteiger partial charge in [0.15, 0.2) is 0 Å². The molecule has 0 aliphatic carbocycles. The Bertz CT molecular complexity index is 265. The minimum absolute atomic E-state index is 0. The van der Waals surface area contributed by atoms with E-state index in [1.165, 1.54) is 18.4 Å². The van der Waals surface area contributed by atoms with E-state index in [4.69, 9.17) is 11.6 Å². The Morgan fingerprint density at radius 2 is 1.64 bits per heavy atom. The topological polar surface area (TPSA) is 12.0 Å². The van der Waals surface area contributed by atoms with E-state index in [2.05, 4.69) is 17.4 Å². The van der Waals surface area contributed by atoms with Gasteiger partial charge in [0.2, 0.25) is 0 Å². The van der Waals surface area contributed by atoms with Gasteiger partial charge in [-0.3, -0.25) is 0 Å². The van der Waals surface area contributed by atoms with Crippen molar-refractivity contribution in [1.82, 2.24) is 5.32 Å². The summed E-state index contributed by atoms with van der Waals surface area (Å²) in [6, 6.07) is 8.27. The highest BCUT2D eigenvalue weighted by atomic mass is 35.5. The van der Waals surface area contributed by atoms with Gasteiger partial charge in [0, 0.05) is 5.02 Å². The van der Waals surface area contributed by atoms with Crippen LogP contribution in [0.5, 0.6) is 0 Å². The average Bonchev–Trinajstić information content (AvgIpc) is 2.20. The molecule has 3 heteroatoms. The van der Waals surface area contributed by atoms with Crippen molar-refractivity contribution in [2.75, 3.05) is 13.1 Å². The van der Waals surface area contributed by atoms with Crippen LogP contribution in [-0.2, 0) is 0 Å². The van der Waals surface area contributed by atoms with Crippen molar-refractivity contribution < 1.29 is 0 Å². The lowest BCUT2D eigenvalue weighted by atomic mass is 9.90. The Morgan fingerprint density at radius 1 is 1.07 bits per heavy atom. The predicted molar refractivity (Wildman–Crippen MR) is 63.5 cm³/mol. The average molecular weight is 232 g/mol. The fourth-order valence-corrected chi connectivity index (χ4v) is 2.02. The molecule has 0 bridgehead atoms. The lowest BCUT2D eigenvalue weighted by Gasteiger charge is -2.22. The third-order valence-corrected chi connectivity index (χ3v) is 2.93. The first-order valence-electron chi connectivity index (χ1n) is 4.82. The molecular weight excluding hydrogens is 217 g/mol. The number of nitrogens with one attached hydrogen (secondary N) is 1. The molecule has 1 aliphatic rings. The fourth-order valence-electron chi connectivity index (χ4n) is 1.89. The van der Waals surface area contributed by atoms with E-state index in [1.807, 2.05) is 12.1 Å². The van der Waals surface area contributed by atoms with E-state index in [9.17, 15) is 0 Å². The fraction of sp³-hybridized carbons (Fsp3) is 0.455. The molecule has 1 fully saturated rings. The summed E-state index contributed by atoms with van der Waals surface area (Å²) in [4.78, 5) is 0. The molecule has 78 valence electrons. The van der Waals surface area contributed by atoms with Crippen LogP contribution >= 0.6 is 24.0 Å². The van der Waals surface area contributed by atoms with Gasteiger partial charge >= 0.3 is 0 Å². The Hall–Kier alpha value is -0.240. The van der Waals surface area contributed by atoms with Crippen molar-refractivity contribution >= 4 is 24.0 Å². The molecular formula is C11H15Cl2N. The first-order chi connectivity index (χ1) is 6.36. The molecule has 1 aromatic carbocycles. The summed E-state index contributed by atoms with van der Waals surface area (Å²) in [5.41, 5.74) is 1.44. The van der Waals surface area contributed by atoms with Gasteiger partial charge in [-0.05, 0) is 49.5 Å². The Kier molecular flexibility index (Phi) is 4.73. The van der Waals surface area contributed by atoms with Gasteiger partial charge in [-0.1, -0.05) is 23.7 Å². The van der Waals surface area contributed by atoms with E-state index in [0.717, 1.165) is 24.0 Å². The second-order valence-electron chi connectivity index (χ2n) is 3.58. The highest BCUT2D eigenvalue weighted by Gasteiger charge is 2.14. The zero-order valence-electron chi connectivity index (χ0n) is 8.00. The molecule has 1 nitrogen and oxygen atoms in total. The number of piperidine rings is 1. The number of hydrogen-bond acceptors (Lipinski definition) is 1. The van der Waals surface area contributed by atoms with Crippen LogP contribution < -0.4 is 5.32 Å². The van der Waals surface area contributed by atoms with E-state index in [-0.39, 0.29) is 12.4 Å². The quantitative estimate of drug-likeness (QED) is 0.783. The summed E-state index contributed by atoms with van der Waals surface area (Å²) >= 11 is 5.84. The van der Waals surface area contributed by atoms with Gasteiger partial charge in [0.25, 0.3) is 0 Å². The van der Waals surface area contributed by atoms with Crippen LogP contribution in [0.3, 0.4) is 0 Å². The van der Waals surface area contributed by atoms with Crippen molar-refractivity contribution in [3.05, 3.63) is 34.9 Å². The molecule has 1 heterocycles. The molecule has 0 spiro atoms. The van der Waals surface area contributed by atoms with Gasteiger partial charge in [0.1, 0.15) is 0 Å². The number of hydrogen-bond donors (Lipinski definition) is 1. The van der Waals surface area contributed by atoms with Crippen molar-refractivity contribution in [3.8, 4) is 0 Å². The molecule has 2 rings (SSSR count). The normalized spacial score (nSPS) is 17.5. The van der Waals surface area contributed by atoms with Crippen LogP contribution in [0, 0.1) is 0 Å². The largest absolute Gasteiger partial charge is 0.317 e. The minimum Gasteiger partial charge on any atom is -0.317 e. The summed E-state index contributed by atoms with van der Waals surface area (Å²) < 4.78 is 0. The maximum atomic E-state index is 5.84. The highest BCUT2D eigenvalue weighted by Crippen LogP contribution is 2.25. The summed E-state index contributed by atoms with van der Waals surface area (Å²) in [5, 5.41) is 4.20. The standard InChI is InChI=1S/C11H14ClN.ClH/c12-11-3-1-9(2-4-11)10-5-7-13-8-6-10;/h1-4,10,13H,5-8H2;1H. The highest BCUT2D eigenvalue weighted by molar-refractivity contribution is 6.30. The maximum absolute atomic E-state index is 5.84. The van der Waals surface area contributed by atoms with Crippen LogP contribution in [0.25, 0.3) is 0 Å². The zero-order chi connectivity index (χ0) is 9.10. The third kappa shape index (κ3) is 2.88. The van der Waals surface area contributed by atoms with Crippen LogP contribution in [0.4, 0.5) is 0 Å². The lowest BCUT2D eigenvalue weighted by Crippen LogP contribution is -2.26. The van der Waals surface area contributed by atoms with E-state index in [0.29, 0.717) is 0 Å². The molecule has 1 saturated heterocycles. The first-order valence-corrected chi connectivity index (χ1v) is 5.20. The Labute approximate surface area is 96.3 Å². The molecule has 1 N–H and O–H groups in total. The zero-order valence-corrected chi connectivity index (χ0v) is 9.57. The second kappa shape index (κ2) is 5.59. The van der Waals surface area contributed by atoms with Crippen molar-refractivity contribution in [1.29, 1.82) is 0 Å². The van der Waals surface area contributed by atoms with E-state index < -0.39 is 0 Å². The predicted octanol–water partition coefficient (Wildman–Crippen LogP) is 3.23. The smallest absolute Gasteiger partial charge is 0.0406 e. The van der Waals surface area contributed by atoms with Crippen molar-refractivity contribution in [3.63, 3.8) is 0 Å². The second-order valence-corrected chi connectivity index (χ2v) is 4.01. The monoisotopic (exact) mass is 231 g/mol. The van der Waals surface area contributed by atoms with Gasteiger partial charge in [-0.2, -0.15) is 0 Å². The van der Waals surface area contributed by atoms with E-state index in [1.54, 1.807) is 0 Å². The SMILES string of the molecule is Cl.Clc1ccc(C2CCNCC2)cc1.